The van der Waals surface area contributed by atoms with Crippen LogP contribution in [0.3, 0.4) is 0 Å². The van der Waals surface area contributed by atoms with Gasteiger partial charge in [-0.1, -0.05) is 12.1 Å². The molecule has 0 spiro atoms. The number of hydrogen-bond donors (Lipinski definition) is 1. The van der Waals surface area contributed by atoms with Crippen LogP contribution in [0.2, 0.25) is 0 Å². The first-order chi connectivity index (χ1) is 11.6. The Morgan fingerprint density at radius 3 is 2.62 bits per heavy atom. The summed E-state index contributed by atoms with van der Waals surface area (Å²) in [5.74, 6) is 0.473. The van der Waals surface area contributed by atoms with Crippen LogP contribution in [0, 0.1) is 0 Å². The standard InChI is InChI=1S/C18H19N5O/c1-22(2)17-16(4-3-9-20-17)18(24)21-15-7-5-14(6-8-15)12-23-11-10-19-13-23/h3-11,13H,12H2,1-2H3,(H,21,24). The lowest BCUT2D eigenvalue weighted by Crippen LogP contribution is -2.19. The molecule has 122 valence electrons. The van der Waals surface area contributed by atoms with E-state index in [1.807, 2.05) is 54.0 Å². The van der Waals surface area contributed by atoms with Gasteiger partial charge in [0.25, 0.3) is 5.91 Å². The zero-order valence-electron chi connectivity index (χ0n) is 13.7. The fraction of sp³-hybridized carbons (Fsp3) is 0.167. The lowest BCUT2D eigenvalue weighted by atomic mass is 10.2. The third kappa shape index (κ3) is 3.60. The first kappa shape index (κ1) is 15.7. The molecule has 1 amide bonds. The second kappa shape index (κ2) is 6.95. The van der Waals surface area contributed by atoms with Crippen molar-refractivity contribution in [3.05, 3.63) is 72.4 Å². The SMILES string of the molecule is CN(C)c1ncccc1C(=O)Nc1ccc(Cn2ccnc2)cc1. The van der Waals surface area contributed by atoms with Gasteiger partial charge in [-0.25, -0.2) is 9.97 Å². The molecular formula is C18H19N5O. The van der Waals surface area contributed by atoms with Gasteiger partial charge in [0.05, 0.1) is 11.9 Å². The van der Waals surface area contributed by atoms with Crippen molar-refractivity contribution >= 4 is 17.4 Å². The summed E-state index contributed by atoms with van der Waals surface area (Å²) in [4.78, 5) is 22.6. The van der Waals surface area contributed by atoms with Crippen LogP contribution < -0.4 is 10.2 Å². The highest BCUT2D eigenvalue weighted by molar-refractivity contribution is 6.07. The van der Waals surface area contributed by atoms with E-state index in [1.165, 1.54) is 0 Å². The molecule has 0 unspecified atom stereocenters. The normalized spacial score (nSPS) is 10.4. The molecule has 2 aromatic heterocycles. The third-order valence-corrected chi connectivity index (χ3v) is 3.59. The summed E-state index contributed by atoms with van der Waals surface area (Å²) in [5.41, 5.74) is 2.44. The van der Waals surface area contributed by atoms with E-state index in [-0.39, 0.29) is 5.91 Å². The number of nitrogens with zero attached hydrogens (tertiary/aromatic N) is 4. The van der Waals surface area contributed by atoms with Gasteiger partial charge in [-0.3, -0.25) is 4.79 Å². The van der Waals surface area contributed by atoms with E-state index in [1.54, 1.807) is 30.9 Å². The summed E-state index contributed by atoms with van der Waals surface area (Å²) in [7, 11) is 3.73. The van der Waals surface area contributed by atoms with Gasteiger partial charge in [0, 0.05) is 44.9 Å². The molecule has 0 radical (unpaired) electrons. The van der Waals surface area contributed by atoms with Crippen LogP contribution in [-0.4, -0.2) is 34.5 Å². The first-order valence-electron chi connectivity index (χ1n) is 7.62. The van der Waals surface area contributed by atoms with E-state index in [9.17, 15) is 4.79 Å². The highest BCUT2D eigenvalue weighted by Crippen LogP contribution is 2.17. The summed E-state index contributed by atoms with van der Waals surface area (Å²) in [6.45, 7) is 0.752. The van der Waals surface area contributed by atoms with Crippen molar-refractivity contribution in [2.75, 3.05) is 24.3 Å². The van der Waals surface area contributed by atoms with E-state index in [4.69, 9.17) is 0 Å². The van der Waals surface area contributed by atoms with Crippen LogP contribution in [0.4, 0.5) is 11.5 Å². The van der Waals surface area contributed by atoms with Crippen molar-refractivity contribution in [2.45, 2.75) is 6.54 Å². The van der Waals surface area contributed by atoms with Gasteiger partial charge in [0.15, 0.2) is 0 Å². The van der Waals surface area contributed by atoms with Gasteiger partial charge in [-0.15, -0.1) is 0 Å². The molecule has 0 aliphatic carbocycles. The van der Waals surface area contributed by atoms with Crippen molar-refractivity contribution in [1.29, 1.82) is 0 Å². The van der Waals surface area contributed by atoms with Gasteiger partial charge in [0.1, 0.15) is 5.82 Å². The number of rotatable bonds is 5. The van der Waals surface area contributed by atoms with Gasteiger partial charge in [-0.2, -0.15) is 0 Å². The summed E-state index contributed by atoms with van der Waals surface area (Å²) < 4.78 is 1.99. The predicted molar refractivity (Wildman–Crippen MR) is 94.3 cm³/mol. The molecule has 0 aliphatic rings. The highest BCUT2D eigenvalue weighted by Gasteiger charge is 2.13. The van der Waals surface area contributed by atoms with Gasteiger partial charge < -0.3 is 14.8 Å². The van der Waals surface area contributed by atoms with Crippen LogP contribution in [-0.2, 0) is 6.54 Å². The average molecular weight is 321 g/mol. The van der Waals surface area contributed by atoms with Crippen LogP contribution in [0.15, 0.2) is 61.3 Å². The molecule has 0 saturated carbocycles. The van der Waals surface area contributed by atoms with E-state index in [0.29, 0.717) is 11.4 Å². The van der Waals surface area contributed by atoms with Crippen molar-refractivity contribution in [3.63, 3.8) is 0 Å². The maximum absolute atomic E-state index is 12.5. The Balaban J connectivity index is 1.71. The molecule has 0 atom stereocenters. The van der Waals surface area contributed by atoms with Gasteiger partial charge in [-0.05, 0) is 29.8 Å². The van der Waals surface area contributed by atoms with Crippen LogP contribution in [0.25, 0.3) is 0 Å². The Morgan fingerprint density at radius 2 is 1.96 bits per heavy atom. The minimum absolute atomic E-state index is 0.172. The number of nitrogens with one attached hydrogen (secondary N) is 1. The lowest BCUT2D eigenvalue weighted by Gasteiger charge is -2.15. The van der Waals surface area contributed by atoms with E-state index < -0.39 is 0 Å². The molecule has 3 aromatic rings. The molecule has 0 bridgehead atoms. The maximum Gasteiger partial charge on any atom is 0.259 e. The number of hydrogen-bond acceptors (Lipinski definition) is 4. The molecule has 0 fully saturated rings. The molecule has 0 aliphatic heterocycles. The summed E-state index contributed by atoms with van der Waals surface area (Å²) in [6.07, 6.45) is 7.13. The van der Waals surface area contributed by atoms with Crippen molar-refractivity contribution < 1.29 is 4.79 Å². The maximum atomic E-state index is 12.5. The van der Waals surface area contributed by atoms with Crippen molar-refractivity contribution in [1.82, 2.24) is 14.5 Å². The monoisotopic (exact) mass is 321 g/mol. The first-order valence-corrected chi connectivity index (χ1v) is 7.62. The quantitative estimate of drug-likeness (QED) is 0.785. The zero-order chi connectivity index (χ0) is 16.9. The molecule has 24 heavy (non-hydrogen) atoms. The molecule has 3 rings (SSSR count). The number of pyridine rings is 1. The van der Waals surface area contributed by atoms with Crippen LogP contribution in [0.5, 0.6) is 0 Å². The number of carbonyl (C=O) groups excluding carboxylic acids is 1. The predicted octanol–water partition coefficient (Wildman–Crippen LogP) is 2.64. The summed E-state index contributed by atoms with van der Waals surface area (Å²) >= 11 is 0. The third-order valence-electron chi connectivity index (χ3n) is 3.59. The second-order valence-electron chi connectivity index (χ2n) is 5.66. The Labute approximate surface area is 140 Å². The van der Waals surface area contributed by atoms with Crippen LogP contribution >= 0.6 is 0 Å². The molecule has 6 nitrogen and oxygen atoms in total. The summed E-state index contributed by atoms with van der Waals surface area (Å²) in [6, 6.07) is 11.3. The number of amides is 1. The molecule has 1 N–H and O–H groups in total. The van der Waals surface area contributed by atoms with Crippen molar-refractivity contribution in [2.24, 2.45) is 0 Å². The Morgan fingerprint density at radius 1 is 1.17 bits per heavy atom. The smallest absolute Gasteiger partial charge is 0.259 e. The summed E-state index contributed by atoms with van der Waals surface area (Å²) in [5, 5.41) is 2.91. The average Bonchev–Trinajstić information content (AvgIpc) is 3.09. The number of imidazole rings is 1. The molecule has 2 heterocycles. The Bertz CT molecular complexity index is 810. The number of aromatic nitrogens is 3. The molecule has 0 saturated heterocycles. The fourth-order valence-corrected chi connectivity index (χ4v) is 2.41. The largest absolute Gasteiger partial charge is 0.362 e. The van der Waals surface area contributed by atoms with Crippen LogP contribution in [0.1, 0.15) is 15.9 Å². The number of anilines is 2. The Kier molecular flexibility index (Phi) is 4.56. The van der Waals surface area contributed by atoms with E-state index >= 15 is 0 Å². The fourth-order valence-electron chi connectivity index (χ4n) is 2.41. The van der Waals surface area contributed by atoms with E-state index in [0.717, 1.165) is 17.8 Å². The topological polar surface area (TPSA) is 63.1 Å². The minimum Gasteiger partial charge on any atom is -0.362 e. The number of benzene rings is 1. The highest BCUT2D eigenvalue weighted by atomic mass is 16.1. The van der Waals surface area contributed by atoms with Gasteiger partial charge >= 0.3 is 0 Å². The minimum atomic E-state index is -0.172. The second-order valence-corrected chi connectivity index (χ2v) is 5.66. The molecule has 6 heteroatoms. The van der Waals surface area contributed by atoms with Gasteiger partial charge in [0.2, 0.25) is 0 Å². The lowest BCUT2D eigenvalue weighted by molar-refractivity contribution is 0.102. The van der Waals surface area contributed by atoms with Crippen molar-refractivity contribution in [3.8, 4) is 0 Å². The number of carbonyl (C=O) groups is 1. The zero-order valence-corrected chi connectivity index (χ0v) is 13.7. The molecular weight excluding hydrogens is 302 g/mol. The molecule has 1 aromatic carbocycles. The Hall–Kier alpha value is -3.15. The van der Waals surface area contributed by atoms with E-state index in [2.05, 4.69) is 15.3 Å².